The van der Waals surface area contributed by atoms with Crippen molar-refractivity contribution < 1.29 is 4.84 Å². The van der Waals surface area contributed by atoms with Crippen LogP contribution in [0.5, 0.6) is 0 Å². The Labute approximate surface area is 128 Å². The van der Waals surface area contributed by atoms with Gasteiger partial charge < -0.3 is 4.84 Å². The molecule has 1 heterocycles. The zero-order chi connectivity index (χ0) is 14.4. The summed E-state index contributed by atoms with van der Waals surface area (Å²) >= 11 is 12.2. The number of hydrogen-bond donors (Lipinski definition) is 0. The van der Waals surface area contributed by atoms with Crippen LogP contribution in [-0.2, 0) is 11.3 Å². The highest BCUT2D eigenvalue weighted by Gasteiger charge is 2.11. The molecule has 0 aliphatic heterocycles. The third-order valence-electron chi connectivity index (χ3n) is 2.64. The first-order valence-electron chi connectivity index (χ1n) is 6.24. The number of aromatic nitrogens is 1. The first-order chi connectivity index (χ1) is 9.70. The van der Waals surface area contributed by atoms with Gasteiger partial charge in [-0.3, -0.25) is 4.98 Å². The molecule has 1 aromatic carbocycles. The van der Waals surface area contributed by atoms with Crippen LogP contribution in [0.1, 0.15) is 18.1 Å². The van der Waals surface area contributed by atoms with Crippen LogP contribution in [0.2, 0.25) is 10.0 Å². The SMILES string of the molecule is CCON=C(Cc1cccnc1)c1ccc(Cl)cc1Cl. The first-order valence-corrected chi connectivity index (χ1v) is 6.99. The zero-order valence-corrected chi connectivity index (χ0v) is 12.5. The number of oxime groups is 1. The maximum atomic E-state index is 6.23. The Kier molecular flexibility index (Phi) is 5.39. The van der Waals surface area contributed by atoms with Crippen molar-refractivity contribution in [2.45, 2.75) is 13.3 Å². The molecule has 20 heavy (non-hydrogen) atoms. The lowest BCUT2D eigenvalue weighted by atomic mass is 10.0. The molecule has 1 aromatic heterocycles. The van der Waals surface area contributed by atoms with Crippen LogP contribution in [0, 0.1) is 0 Å². The first kappa shape index (κ1) is 14.8. The Morgan fingerprint density at radius 2 is 2.15 bits per heavy atom. The zero-order valence-electron chi connectivity index (χ0n) is 11.0. The normalized spacial score (nSPS) is 11.4. The summed E-state index contributed by atoms with van der Waals surface area (Å²) in [6.07, 6.45) is 4.12. The van der Waals surface area contributed by atoms with Crippen molar-refractivity contribution in [2.24, 2.45) is 5.16 Å². The van der Waals surface area contributed by atoms with E-state index in [1.807, 2.05) is 25.1 Å². The second-order valence-electron chi connectivity index (χ2n) is 4.12. The standard InChI is InChI=1S/C15H14Cl2N2O/c1-2-20-19-15(8-11-4-3-7-18-10-11)13-6-5-12(16)9-14(13)17/h3-7,9-10H,2,8H2,1H3. The van der Waals surface area contributed by atoms with Gasteiger partial charge in [-0.05, 0) is 30.7 Å². The van der Waals surface area contributed by atoms with Crippen LogP contribution in [0.25, 0.3) is 0 Å². The van der Waals surface area contributed by atoms with Crippen molar-refractivity contribution in [3.05, 3.63) is 63.9 Å². The molecule has 0 aliphatic rings. The van der Waals surface area contributed by atoms with Crippen LogP contribution in [0.15, 0.2) is 47.9 Å². The topological polar surface area (TPSA) is 34.5 Å². The van der Waals surface area contributed by atoms with Crippen LogP contribution in [-0.4, -0.2) is 17.3 Å². The van der Waals surface area contributed by atoms with E-state index < -0.39 is 0 Å². The Balaban J connectivity index is 2.32. The number of benzene rings is 1. The van der Waals surface area contributed by atoms with Gasteiger partial charge in [0.1, 0.15) is 6.61 Å². The summed E-state index contributed by atoms with van der Waals surface area (Å²) in [5.74, 6) is 0. The average molecular weight is 309 g/mol. The van der Waals surface area contributed by atoms with E-state index >= 15 is 0 Å². The molecule has 0 atom stereocenters. The largest absolute Gasteiger partial charge is 0.396 e. The van der Waals surface area contributed by atoms with Crippen molar-refractivity contribution in [1.82, 2.24) is 4.98 Å². The maximum absolute atomic E-state index is 6.23. The Morgan fingerprint density at radius 1 is 1.30 bits per heavy atom. The number of nitrogens with zero attached hydrogens (tertiary/aromatic N) is 2. The smallest absolute Gasteiger partial charge is 0.114 e. The number of halogens is 2. The van der Waals surface area contributed by atoms with Crippen molar-refractivity contribution in [3.8, 4) is 0 Å². The molecule has 0 bridgehead atoms. The molecule has 0 unspecified atom stereocenters. The van der Waals surface area contributed by atoms with E-state index in [0.717, 1.165) is 16.8 Å². The third kappa shape index (κ3) is 3.95. The lowest BCUT2D eigenvalue weighted by Crippen LogP contribution is -2.07. The summed E-state index contributed by atoms with van der Waals surface area (Å²) < 4.78 is 0. The summed E-state index contributed by atoms with van der Waals surface area (Å²) in [7, 11) is 0. The Bertz CT molecular complexity index is 600. The molecule has 2 rings (SSSR count). The van der Waals surface area contributed by atoms with Gasteiger partial charge in [-0.1, -0.05) is 40.5 Å². The van der Waals surface area contributed by atoms with Crippen molar-refractivity contribution in [1.29, 1.82) is 0 Å². The van der Waals surface area contributed by atoms with E-state index in [9.17, 15) is 0 Å². The fourth-order valence-electron chi connectivity index (χ4n) is 1.74. The predicted molar refractivity (Wildman–Crippen MR) is 82.6 cm³/mol. The van der Waals surface area contributed by atoms with Crippen LogP contribution in [0.3, 0.4) is 0 Å². The molecule has 2 aromatic rings. The van der Waals surface area contributed by atoms with Crippen LogP contribution in [0.4, 0.5) is 0 Å². The third-order valence-corrected chi connectivity index (χ3v) is 3.19. The molecular formula is C15H14Cl2N2O. The van der Waals surface area contributed by atoms with E-state index in [-0.39, 0.29) is 0 Å². The second-order valence-corrected chi connectivity index (χ2v) is 4.96. The van der Waals surface area contributed by atoms with Gasteiger partial charge in [0.2, 0.25) is 0 Å². The van der Waals surface area contributed by atoms with Crippen molar-refractivity contribution in [2.75, 3.05) is 6.61 Å². The molecule has 0 saturated heterocycles. The highest BCUT2D eigenvalue weighted by Crippen LogP contribution is 2.23. The molecule has 3 nitrogen and oxygen atoms in total. The minimum atomic E-state index is 0.502. The van der Waals surface area contributed by atoms with Gasteiger partial charge in [-0.2, -0.15) is 0 Å². The number of hydrogen-bond acceptors (Lipinski definition) is 3. The summed E-state index contributed by atoms with van der Waals surface area (Å²) in [5, 5.41) is 5.31. The molecule has 5 heteroatoms. The maximum Gasteiger partial charge on any atom is 0.114 e. The van der Waals surface area contributed by atoms with Gasteiger partial charge in [0.25, 0.3) is 0 Å². The monoisotopic (exact) mass is 308 g/mol. The molecule has 0 fully saturated rings. The molecule has 0 radical (unpaired) electrons. The summed E-state index contributed by atoms with van der Waals surface area (Å²) in [6, 6.07) is 9.20. The van der Waals surface area contributed by atoms with Crippen LogP contribution < -0.4 is 0 Å². The van der Waals surface area contributed by atoms with Gasteiger partial charge in [0.05, 0.1) is 10.7 Å². The van der Waals surface area contributed by atoms with E-state index in [0.29, 0.717) is 23.1 Å². The van der Waals surface area contributed by atoms with Gasteiger partial charge in [0.15, 0.2) is 0 Å². The highest BCUT2D eigenvalue weighted by atomic mass is 35.5. The lowest BCUT2D eigenvalue weighted by molar-refractivity contribution is 0.158. The van der Waals surface area contributed by atoms with Crippen molar-refractivity contribution in [3.63, 3.8) is 0 Å². The number of pyridine rings is 1. The van der Waals surface area contributed by atoms with E-state index in [2.05, 4.69) is 10.1 Å². The van der Waals surface area contributed by atoms with Crippen LogP contribution >= 0.6 is 23.2 Å². The van der Waals surface area contributed by atoms with E-state index in [4.69, 9.17) is 28.0 Å². The minimum absolute atomic E-state index is 0.502. The Morgan fingerprint density at radius 3 is 2.80 bits per heavy atom. The quantitative estimate of drug-likeness (QED) is 0.607. The van der Waals surface area contributed by atoms with Gasteiger partial charge in [0, 0.05) is 29.4 Å². The molecule has 104 valence electrons. The lowest BCUT2D eigenvalue weighted by Gasteiger charge is -2.09. The molecule has 0 aliphatic carbocycles. The molecule has 0 N–H and O–H groups in total. The highest BCUT2D eigenvalue weighted by molar-refractivity contribution is 6.37. The summed E-state index contributed by atoms with van der Waals surface area (Å²) in [4.78, 5) is 9.28. The molecule has 0 spiro atoms. The fourth-order valence-corrected chi connectivity index (χ4v) is 2.26. The second kappa shape index (κ2) is 7.27. The average Bonchev–Trinajstić information content (AvgIpc) is 2.45. The van der Waals surface area contributed by atoms with Gasteiger partial charge in [-0.15, -0.1) is 0 Å². The summed E-state index contributed by atoms with van der Waals surface area (Å²) in [6.45, 7) is 2.39. The molecule has 0 amide bonds. The predicted octanol–water partition coefficient (Wildman–Crippen LogP) is 4.37. The van der Waals surface area contributed by atoms with E-state index in [1.54, 1.807) is 24.5 Å². The minimum Gasteiger partial charge on any atom is -0.396 e. The van der Waals surface area contributed by atoms with Gasteiger partial charge >= 0.3 is 0 Å². The van der Waals surface area contributed by atoms with Gasteiger partial charge in [-0.25, -0.2) is 0 Å². The summed E-state index contributed by atoms with van der Waals surface area (Å²) in [5.41, 5.74) is 2.60. The van der Waals surface area contributed by atoms with Crippen molar-refractivity contribution >= 4 is 28.9 Å². The fraction of sp³-hybridized carbons (Fsp3) is 0.200. The number of rotatable bonds is 5. The van der Waals surface area contributed by atoms with E-state index in [1.165, 1.54) is 0 Å². The molecular weight excluding hydrogens is 295 g/mol. The molecule has 0 saturated carbocycles. The Hall–Kier alpha value is -1.58.